The number of nitrogens with one attached hydrogen (secondary N) is 2. The van der Waals surface area contributed by atoms with Gasteiger partial charge < -0.3 is 24.8 Å². The van der Waals surface area contributed by atoms with Gasteiger partial charge in [0.1, 0.15) is 11.9 Å². The predicted molar refractivity (Wildman–Crippen MR) is 131 cm³/mol. The summed E-state index contributed by atoms with van der Waals surface area (Å²) < 4.78 is 17.0. The minimum absolute atomic E-state index is 0.220. The van der Waals surface area contributed by atoms with Crippen molar-refractivity contribution in [3.05, 3.63) is 83.6 Å². The molecule has 178 valence electrons. The zero-order valence-corrected chi connectivity index (χ0v) is 19.5. The molecule has 1 aromatic heterocycles. The molecule has 7 heteroatoms. The van der Waals surface area contributed by atoms with Gasteiger partial charge in [-0.25, -0.2) is 9.78 Å². The minimum Gasteiger partial charge on any atom is -0.497 e. The van der Waals surface area contributed by atoms with E-state index in [0.717, 1.165) is 35.3 Å². The van der Waals surface area contributed by atoms with Gasteiger partial charge in [0.05, 0.1) is 20.3 Å². The van der Waals surface area contributed by atoms with Crippen molar-refractivity contribution in [3.63, 3.8) is 0 Å². The molecule has 2 N–H and O–H groups in total. The molecule has 3 aromatic rings. The molecule has 4 rings (SSSR count). The van der Waals surface area contributed by atoms with Gasteiger partial charge in [0.15, 0.2) is 0 Å². The predicted octanol–water partition coefficient (Wildman–Crippen LogP) is 5.45. The lowest BCUT2D eigenvalue weighted by Gasteiger charge is -2.15. The lowest BCUT2D eigenvalue weighted by Crippen LogP contribution is -2.28. The van der Waals surface area contributed by atoms with Crippen molar-refractivity contribution in [2.45, 2.75) is 51.5 Å². The van der Waals surface area contributed by atoms with E-state index in [-0.39, 0.29) is 12.1 Å². The smallest absolute Gasteiger partial charge is 0.319 e. The first kappa shape index (κ1) is 23.6. The first-order valence-corrected chi connectivity index (χ1v) is 11.6. The third kappa shape index (κ3) is 6.96. The van der Waals surface area contributed by atoms with E-state index in [1.165, 1.54) is 12.8 Å². The van der Waals surface area contributed by atoms with Crippen LogP contribution in [0, 0.1) is 0 Å². The average Bonchev–Trinajstić information content (AvgIpc) is 3.37. The summed E-state index contributed by atoms with van der Waals surface area (Å²) >= 11 is 0. The first-order valence-electron chi connectivity index (χ1n) is 11.6. The highest BCUT2D eigenvalue weighted by Gasteiger charge is 2.18. The molecular weight excluding hydrogens is 430 g/mol. The molecule has 0 radical (unpaired) electrons. The second-order valence-electron chi connectivity index (χ2n) is 8.34. The van der Waals surface area contributed by atoms with E-state index in [1.807, 2.05) is 60.7 Å². The maximum absolute atomic E-state index is 12.5. The van der Waals surface area contributed by atoms with Crippen molar-refractivity contribution in [1.82, 2.24) is 10.3 Å². The number of benzene rings is 2. The highest BCUT2D eigenvalue weighted by atomic mass is 16.5. The lowest BCUT2D eigenvalue weighted by atomic mass is 10.2. The monoisotopic (exact) mass is 461 g/mol. The molecule has 0 unspecified atom stereocenters. The first-order chi connectivity index (χ1) is 16.7. The fourth-order valence-corrected chi connectivity index (χ4v) is 3.93. The van der Waals surface area contributed by atoms with Crippen molar-refractivity contribution in [3.8, 4) is 11.6 Å². The van der Waals surface area contributed by atoms with Crippen molar-refractivity contribution < 1.29 is 19.0 Å². The Labute approximate surface area is 200 Å². The lowest BCUT2D eigenvalue weighted by molar-refractivity contribution is 0.107. The van der Waals surface area contributed by atoms with Crippen molar-refractivity contribution in [1.29, 1.82) is 0 Å². The molecule has 1 aliphatic carbocycles. The summed E-state index contributed by atoms with van der Waals surface area (Å²) in [5, 5.41) is 5.78. The van der Waals surface area contributed by atoms with E-state index in [2.05, 4.69) is 15.6 Å². The van der Waals surface area contributed by atoms with Crippen LogP contribution in [-0.2, 0) is 24.5 Å². The second kappa shape index (κ2) is 12.0. The number of anilines is 1. The van der Waals surface area contributed by atoms with Crippen LogP contribution in [0.25, 0.3) is 0 Å². The fourth-order valence-electron chi connectivity index (χ4n) is 3.93. The number of urea groups is 1. The zero-order valence-electron chi connectivity index (χ0n) is 19.5. The normalized spacial score (nSPS) is 13.4. The molecule has 34 heavy (non-hydrogen) atoms. The van der Waals surface area contributed by atoms with Crippen LogP contribution in [0.3, 0.4) is 0 Å². The molecule has 1 saturated carbocycles. The summed E-state index contributed by atoms with van der Waals surface area (Å²) in [4.78, 5) is 16.8. The molecular formula is C27H31N3O4. The minimum atomic E-state index is -0.285. The summed E-state index contributed by atoms with van der Waals surface area (Å²) in [6.07, 6.45) is 6.44. The summed E-state index contributed by atoms with van der Waals surface area (Å²) in [7, 11) is 1.65. The maximum atomic E-state index is 12.5. The van der Waals surface area contributed by atoms with Crippen LogP contribution in [-0.4, -0.2) is 24.2 Å². The fraction of sp³-hybridized carbons (Fsp3) is 0.333. The Balaban J connectivity index is 1.24. The van der Waals surface area contributed by atoms with Gasteiger partial charge >= 0.3 is 6.03 Å². The van der Waals surface area contributed by atoms with Crippen LogP contribution >= 0.6 is 0 Å². The van der Waals surface area contributed by atoms with Gasteiger partial charge in [-0.1, -0.05) is 30.3 Å². The highest BCUT2D eigenvalue weighted by molar-refractivity contribution is 5.89. The summed E-state index contributed by atoms with van der Waals surface area (Å²) in [5.74, 6) is 1.42. The van der Waals surface area contributed by atoms with Gasteiger partial charge in [-0.15, -0.1) is 0 Å². The third-order valence-corrected chi connectivity index (χ3v) is 5.75. The molecule has 1 fully saturated rings. The third-order valence-electron chi connectivity index (χ3n) is 5.75. The highest BCUT2D eigenvalue weighted by Crippen LogP contribution is 2.25. The van der Waals surface area contributed by atoms with Gasteiger partial charge in [-0.2, -0.15) is 0 Å². The van der Waals surface area contributed by atoms with Crippen LogP contribution in [0.15, 0.2) is 66.9 Å². The second-order valence-corrected chi connectivity index (χ2v) is 8.34. The van der Waals surface area contributed by atoms with Gasteiger partial charge in [-0.05, 0) is 67.1 Å². The molecule has 1 aliphatic rings. The Bertz CT molecular complexity index is 1070. The van der Waals surface area contributed by atoms with Crippen LogP contribution in [0.1, 0.15) is 42.4 Å². The SMILES string of the molecule is COc1ccc(COCc2cccc(NC(=O)NCc3cccnc3OC3CCCC3)c2)cc1. The number of rotatable bonds is 10. The number of nitrogens with zero attached hydrogens (tertiary/aromatic N) is 1. The summed E-state index contributed by atoms with van der Waals surface area (Å²) in [6, 6.07) is 18.9. The number of carbonyl (C=O) groups is 1. The van der Waals surface area contributed by atoms with Crippen molar-refractivity contribution >= 4 is 11.7 Å². The van der Waals surface area contributed by atoms with E-state index in [1.54, 1.807) is 13.3 Å². The average molecular weight is 462 g/mol. The Kier molecular flexibility index (Phi) is 8.35. The van der Waals surface area contributed by atoms with Gasteiger partial charge in [0.2, 0.25) is 5.88 Å². The molecule has 7 nitrogen and oxygen atoms in total. The number of pyridine rings is 1. The number of carbonyl (C=O) groups excluding carboxylic acids is 1. The van der Waals surface area contributed by atoms with Crippen molar-refractivity contribution in [2.24, 2.45) is 0 Å². The number of hydrogen-bond donors (Lipinski definition) is 2. The van der Waals surface area contributed by atoms with Crippen LogP contribution in [0.4, 0.5) is 10.5 Å². The Morgan fingerprint density at radius 2 is 1.79 bits per heavy atom. The maximum Gasteiger partial charge on any atom is 0.319 e. The van der Waals surface area contributed by atoms with Gasteiger partial charge in [-0.3, -0.25) is 0 Å². The topological polar surface area (TPSA) is 81.7 Å². The summed E-state index contributed by atoms with van der Waals surface area (Å²) in [5.41, 5.74) is 3.62. The molecule has 0 spiro atoms. The van der Waals surface area contributed by atoms with Crippen LogP contribution in [0.2, 0.25) is 0 Å². The zero-order chi connectivity index (χ0) is 23.6. The summed E-state index contributed by atoms with van der Waals surface area (Å²) in [6.45, 7) is 1.28. The van der Waals surface area contributed by atoms with E-state index in [9.17, 15) is 4.79 Å². The molecule has 0 bridgehead atoms. The Morgan fingerprint density at radius 1 is 1.00 bits per heavy atom. The number of ether oxygens (including phenoxy) is 3. The van der Waals surface area contributed by atoms with Gasteiger partial charge in [0, 0.05) is 24.0 Å². The number of amides is 2. The standard InChI is InChI=1S/C27H31N3O4/c1-32-24-13-11-20(12-14-24)18-33-19-21-6-4-8-23(16-21)30-27(31)29-17-22-7-5-15-28-26(22)34-25-9-2-3-10-25/h4-8,11-16,25H,2-3,9-10,17-19H2,1H3,(H2,29,30,31). The number of aromatic nitrogens is 1. The van der Waals surface area contributed by atoms with E-state index in [4.69, 9.17) is 14.2 Å². The Hall–Kier alpha value is -3.58. The van der Waals surface area contributed by atoms with Crippen LogP contribution < -0.4 is 20.1 Å². The van der Waals surface area contributed by atoms with Crippen LogP contribution in [0.5, 0.6) is 11.6 Å². The molecule has 0 saturated heterocycles. The van der Waals surface area contributed by atoms with Gasteiger partial charge in [0.25, 0.3) is 0 Å². The number of hydrogen-bond acceptors (Lipinski definition) is 5. The molecule has 0 aliphatic heterocycles. The quantitative estimate of drug-likeness (QED) is 0.420. The molecule has 2 aromatic carbocycles. The Morgan fingerprint density at radius 3 is 2.59 bits per heavy atom. The largest absolute Gasteiger partial charge is 0.497 e. The number of methoxy groups -OCH3 is 1. The van der Waals surface area contributed by atoms with E-state index < -0.39 is 0 Å². The van der Waals surface area contributed by atoms with E-state index >= 15 is 0 Å². The van der Waals surface area contributed by atoms with E-state index in [0.29, 0.717) is 31.3 Å². The molecule has 2 amide bonds. The molecule has 1 heterocycles. The van der Waals surface area contributed by atoms with Crippen molar-refractivity contribution in [2.75, 3.05) is 12.4 Å². The molecule has 0 atom stereocenters.